The zero-order valence-electron chi connectivity index (χ0n) is 11.9. The van der Waals surface area contributed by atoms with Crippen LogP contribution in [0.4, 0.5) is 0 Å². The molecule has 3 rings (SSSR count). The molecule has 2 aromatic rings. The van der Waals surface area contributed by atoms with Crippen LogP contribution >= 0.6 is 0 Å². The van der Waals surface area contributed by atoms with E-state index in [1.165, 1.54) is 6.42 Å². The summed E-state index contributed by atoms with van der Waals surface area (Å²) in [4.78, 5) is 12.5. The minimum Gasteiger partial charge on any atom is -0.394 e. The van der Waals surface area contributed by atoms with E-state index in [1.807, 2.05) is 48.7 Å². The average Bonchev–Trinajstić information content (AvgIpc) is 2.92. The van der Waals surface area contributed by atoms with Gasteiger partial charge in [0.2, 0.25) is 0 Å². The first-order valence-electron chi connectivity index (χ1n) is 7.43. The number of nitrogens with zero attached hydrogens (tertiary/aromatic N) is 1. The molecule has 1 aliphatic carbocycles. The molecular weight excluding hydrogens is 264 g/mol. The van der Waals surface area contributed by atoms with Gasteiger partial charge in [0, 0.05) is 12.2 Å². The van der Waals surface area contributed by atoms with Gasteiger partial charge in [0.25, 0.3) is 5.91 Å². The first kappa shape index (κ1) is 13.9. The summed E-state index contributed by atoms with van der Waals surface area (Å²) in [6.45, 7) is -0.111. The molecule has 1 aromatic heterocycles. The molecule has 1 aliphatic rings. The van der Waals surface area contributed by atoms with E-state index in [0.29, 0.717) is 11.7 Å². The Morgan fingerprint density at radius 2 is 2.00 bits per heavy atom. The van der Waals surface area contributed by atoms with Crippen molar-refractivity contribution in [3.05, 3.63) is 59.9 Å². The number of carbonyl (C=O) groups excluding carboxylic acids is 1. The van der Waals surface area contributed by atoms with Gasteiger partial charge in [-0.05, 0) is 37.0 Å². The Balaban J connectivity index is 1.75. The van der Waals surface area contributed by atoms with Crippen LogP contribution in [0.25, 0.3) is 0 Å². The maximum absolute atomic E-state index is 12.5. The van der Waals surface area contributed by atoms with E-state index in [2.05, 4.69) is 9.88 Å². The molecule has 1 saturated carbocycles. The molecule has 0 spiro atoms. The zero-order chi connectivity index (χ0) is 14.7. The van der Waals surface area contributed by atoms with E-state index in [-0.39, 0.29) is 18.6 Å². The lowest BCUT2D eigenvalue weighted by molar-refractivity contribution is 0.0901. The predicted molar refractivity (Wildman–Crippen MR) is 81.1 cm³/mol. The summed E-state index contributed by atoms with van der Waals surface area (Å²) in [6, 6.07) is 13.4. The van der Waals surface area contributed by atoms with Crippen LogP contribution in [0.1, 0.15) is 47.4 Å². The van der Waals surface area contributed by atoms with Crippen LogP contribution in [0.15, 0.2) is 48.7 Å². The maximum atomic E-state index is 12.5. The zero-order valence-corrected chi connectivity index (χ0v) is 11.9. The second-order valence-electron chi connectivity index (χ2n) is 5.50. The molecule has 110 valence electrons. The molecule has 0 radical (unpaired) electrons. The second kappa shape index (κ2) is 6.14. The molecule has 4 nitrogen and oxygen atoms in total. The quantitative estimate of drug-likeness (QED) is 0.887. The molecular formula is C17H20N2O2. The number of aromatic nitrogens is 1. The molecule has 0 unspecified atom stereocenters. The number of rotatable bonds is 5. The lowest BCUT2D eigenvalue weighted by Crippen LogP contribution is -2.33. The second-order valence-corrected chi connectivity index (χ2v) is 5.50. The number of nitrogens with one attached hydrogen (secondary N) is 1. The van der Waals surface area contributed by atoms with Crippen molar-refractivity contribution < 1.29 is 9.90 Å². The summed E-state index contributed by atoms with van der Waals surface area (Å²) in [7, 11) is 0. The van der Waals surface area contributed by atoms with Crippen molar-refractivity contribution in [2.45, 2.75) is 31.3 Å². The first-order chi connectivity index (χ1) is 10.3. The molecule has 1 aromatic carbocycles. The third kappa shape index (κ3) is 2.85. The van der Waals surface area contributed by atoms with Gasteiger partial charge in [-0.2, -0.15) is 0 Å². The highest BCUT2D eigenvalue weighted by atomic mass is 16.3. The number of benzene rings is 1. The van der Waals surface area contributed by atoms with Crippen molar-refractivity contribution in [2.24, 2.45) is 0 Å². The molecule has 0 aliphatic heterocycles. The minimum absolute atomic E-state index is 0.111. The summed E-state index contributed by atoms with van der Waals surface area (Å²) in [5.74, 6) is -0.130. The Morgan fingerprint density at radius 1 is 1.24 bits per heavy atom. The smallest absolute Gasteiger partial charge is 0.268 e. The van der Waals surface area contributed by atoms with E-state index >= 15 is 0 Å². The SMILES string of the molecule is O=C(N[C@H](CO)c1ccccc1)c1cccn1C1CCC1. The number of aliphatic hydroxyl groups is 1. The van der Waals surface area contributed by atoms with E-state index in [9.17, 15) is 9.90 Å². The summed E-state index contributed by atoms with van der Waals surface area (Å²) in [5, 5.41) is 12.5. The standard InChI is InChI=1S/C17H20N2O2/c20-12-15(13-6-2-1-3-7-13)18-17(21)16-10-5-11-19(16)14-8-4-9-14/h1-3,5-7,10-11,14-15,20H,4,8-9,12H2,(H,18,21)/t15-/m1/s1. The highest BCUT2D eigenvalue weighted by molar-refractivity contribution is 5.93. The van der Waals surface area contributed by atoms with Crippen LogP contribution in [0, 0.1) is 0 Å². The fraction of sp³-hybridized carbons (Fsp3) is 0.353. The van der Waals surface area contributed by atoms with Gasteiger partial charge < -0.3 is 15.0 Å². The van der Waals surface area contributed by atoms with Crippen LogP contribution in [0.5, 0.6) is 0 Å². The molecule has 0 saturated heterocycles. The fourth-order valence-electron chi connectivity index (χ4n) is 2.72. The topological polar surface area (TPSA) is 54.3 Å². The number of carbonyl (C=O) groups is 1. The summed E-state index contributed by atoms with van der Waals surface area (Å²) < 4.78 is 2.05. The Labute approximate surface area is 124 Å². The van der Waals surface area contributed by atoms with Crippen LogP contribution in [0.2, 0.25) is 0 Å². The summed E-state index contributed by atoms with van der Waals surface area (Å²) in [6.07, 6.45) is 5.47. The molecule has 4 heteroatoms. The predicted octanol–water partition coefficient (Wildman–Crippen LogP) is 2.68. The molecule has 1 heterocycles. The van der Waals surface area contributed by atoms with Crippen molar-refractivity contribution >= 4 is 5.91 Å². The Morgan fingerprint density at radius 3 is 2.62 bits per heavy atom. The van der Waals surface area contributed by atoms with Crippen LogP contribution in [-0.4, -0.2) is 22.2 Å². The first-order valence-corrected chi connectivity index (χ1v) is 7.43. The Kier molecular flexibility index (Phi) is 4.06. The molecule has 1 fully saturated rings. The Bertz CT molecular complexity index is 602. The number of aliphatic hydroxyl groups excluding tert-OH is 1. The Hall–Kier alpha value is -2.07. The van der Waals surface area contributed by atoms with Gasteiger partial charge in [-0.1, -0.05) is 30.3 Å². The largest absolute Gasteiger partial charge is 0.394 e. The number of amides is 1. The van der Waals surface area contributed by atoms with Crippen molar-refractivity contribution in [1.82, 2.24) is 9.88 Å². The van der Waals surface area contributed by atoms with Crippen molar-refractivity contribution in [2.75, 3.05) is 6.61 Å². The van der Waals surface area contributed by atoms with Crippen LogP contribution < -0.4 is 5.32 Å². The average molecular weight is 284 g/mol. The third-order valence-corrected chi connectivity index (χ3v) is 4.17. The summed E-state index contributed by atoms with van der Waals surface area (Å²) in [5.41, 5.74) is 1.59. The minimum atomic E-state index is -0.372. The van der Waals surface area contributed by atoms with Crippen molar-refractivity contribution in [1.29, 1.82) is 0 Å². The highest BCUT2D eigenvalue weighted by Crippen LogP contribution is 2.32. The van der Waals surface area contributed by atoms with Crippen LogP contribution in [-0.2, 0) is 0 Å². The fourth-order valence-corrected chi connectivity index (χ4v) is 2.72. The lowest BCUT2D eigenvalue weighted by Gasteiger charge is -2.29. The van der Waals surface area contributed by atoms with Gasteiger partial charge in [-0.3, -0.25) is 4.79 Å². The molecule has 21 heavy (non-hydrogen) atoms. The summed E-state index contributed by atoms with van der Waals surface area (Å²) >= 11 is 0. The van der Waals surface area contributed by atoms with Gasteiger partial charge in [-0.25, -0.2) is 0 Å². The van der Waals surface area contributed by atoms with E-state index in [1.54, 1.807) is 0 Å². The molecule has 1 atom stereocenters. The van der Waals surface area contributed by atoms with Gasteiger partial charge >= 0.3 is 0 Å². The lowest BCUT2D eigenvalue weighted by atomic mass is 9.93. The number of hydrogen-bond donors (Lipinski definition) is 2. The van der Waals surface area contributed by atoms with Gasteiger partial charge in [0.1, 0.15) is 5.69 Å². The van der Waals surface area contributed by atoms with E-state index in [0.717, 1.165) is 18.4 Å². The van der Waals surface area contributed by atoms with Gasteiger partial charge in [0.15, 0.2) is 0 Å². The van der Waals surface area contributed by atoms with E-state index in [4.69, 9.17) is 0 Å². The van der Waals surface area contributed by atoms with Gasteiger partial charge in [0.05, 0.1) is 12.6 Å². The normalized spacial score (nSPS) is 16.2. The highest BCUT2D eigenvalue weighted by Gasteiger charge is 2.24. The third-order valence-electron chi connectivity index (χ3n) is 4.17. The van der Waals surface area contributed by atoms with Crippen LogP contribution in [0.3, 0.4) is 0 Å². The molecule has 0 bridgehead atoms. The number of hydrogen-bond acceptors (Lipinski definition) is 2. The molecule has 2 N–H and O–H groups in total. The van der Waals surface area contributed by atoms with Gasteiger partial charge in [-0.15, -0.1) is 0 Å². The van der Waals surface area contributed by atoms with E-state index < -0.39 is 0 Å². The monoisotopic (exact) mass is 284 g/mol. The maximum Gasteiger partial charge on any atom is 0.268 e. The van der Waals surface area contributed by atoms with Crippen molar-refractivity contribution in [3.63, 3.8) is 0 Å². The van der Waals surface area contributed by atoms with Crippen molar-refractivity contribution in [3.8, 4) is 0 Å². The molecule has 1 amide bonds.